The van der Waals surface area contributed by atoms with E-state index >= 15 is 0 Å². The molecule has 1 aromatic rings. The highest BCUT2D eigenvalue weighted by molar-refractivity contribution is 6.57. The van der Waals surface area contributed by atoms with E-state index in [0.717, 1.165) is 28.0 Å². The van der Waals surface area contributed by atoms with Crippen molar-refractivity contribution < 1.29 is 4.65 Å². The van der Waals surface area contributed by atoms with Gasteiger partial charge in [-0.05, 0) is 48.9 Å². The van der Waals surface area contributed by atoms with Gasteiger partial charge in [0, 0.05) is 10.6 Å². The summed E-state index contributed by atoms with van der Waals surface area (Å²) < 4.78 is 6.45. The van der Waals surface area contributed by atoms with E-state index in [1.807, 2.05) is 12.1 Å². The van der Waals surface area contributed by atoms with Gasteiger partial charge < -0.3 is 4.65 Å². The van der Waals surface area contributed by atoms with E-state index in [1.165, 1.54) is 38.5 Å². The predicted octanol–water partition coefficient (Wildman–Crippen LogP) is 5.82. The smallest absolute Gasteiger partial charge is 0.364 e. The number of rotatable bonds is 3. The molecule has 2 heterocycles. The van der Waals surface area contributed by atoms with Crippen LogP contribution in [-0.2, 0) is 4.65 Å². The Kier molecular flexibility index (Phi) is 4.40. The van der Waals surface area contributed by atoms with Gasteiger partial charge in [-0.25, -0.2) is 0 Å². The van der Waals surface area contributed by atoms with Gasteiger partial charge in [-0.3, -0.25) is 0 Å². The van der Waals surface area contributed by atoms with Crippen molar-refractivity contribution in [2.45, 2.75) is 57.1 Å². The Balaban J connectivity index is 1.76. The Morgan fingerprint density at radius 2 is 1.65 bits per heavy atom. The summed E-state index contributed by atoms with van der Waals surface area (Å²) in [5.41, 5.74) is 1.14. The molecule has 20 heavy (non-hydrogen) atoms. The van der Waals surface area contributed by atoms with Crippen LogP contribution in [0.4, 0.5) is 0 Å². The van der Waals surface area contributed by atoms with Crippen molar-refractivity contribution in [3.8, 4) is 0 Å². The number of halogens is 1. The van der Waals surface area contributed by atoms with Crippen LogP contribution in [0.3, 0.4) is 0 Å². The molecule has 3 rings (SSSR count). The zero-order valence-electron chi connectivity index (χ0n) is 12.1. The molecule has 0 aromatic heterocycles. The van der Waals surface area contributed by atoms with E-state index in [4.69, 9.17) is 16.3 Å². The quantitative estimate of drug-likeness (QED) is 0.503. The third kappa shape index (κ3) is 2.91. The first-order valence-corrected chi connectivity index (χ1v) is 8.24. The molecule has 2 aliphatic rings. The van der Waals surface area contributed by atoms with Crippen LogP contribution in [0.25, 0.3) is 5.76 Å². The van der Waals surface area contributed by atoms with E-state index in [0.29, 0.717) is 6.92 Å². The van der Waals surface area contributed by atoms with Crippen LogP contribution < -0.4 is 0 Å². The third-order valence-corrected chi connectivity index (χ3v) is 5.13. The number of hydrogen-bond acceptors (Lipinski definition) is 1. The maximum atomic E-state index is 6.45. The summed E-state index contributed by atoms with van der Waals surface area (Å²) in [6.07, 6.45) is 10.3. The summed E-state index contributed by atoms with van der Waals surface area (Å²) in [5, 5.41) is 0.777. The summed E-state index contributed by atoms with van der Waals surface area (Å²) in [6.45, 7) is 2.49. The minimum atomic E-state index is 0.430. The standard InChI is InChI=1S/C17H22BClO/c1-2-17(13-9-11-16(19)12-10-13)20-18-14-5-3-6-15(18)8-4-7-14/h2,9-12,14-15H,3-8H2,1H3/b17-2+. The van der Waals surface area contributed by atoms with E-state index in [-0.39, 0.29) is 0 Å². The van der Waals surface area contributed by atoms with Crippen molar-refractivity contribution in [1.82, 2.24) is 0 Å². The molecule has 1 nitrogen and oxygen atoms in total. The van der Waals surface area contributed by atoms with Gasteiger partial charge in [-0.15, -0.1) is 0 Å². The van der Waals surface area contributed by atoms with Gasteiger partial charge in [0.2, 0.25) is 0 Å². The van der Waals surface area contributed by atoms with Gasteiger partial charge in [0.05, 0.1) is 0 Å². The molecule has 1 aromatic carbocycles. The van der Waals surface area contributed by atoms with E-state index in [1.54, 1.807) is 0 Å². The average molecular weight is 289 g/mol. The summed E-state index contributed by atoms with van der Waals surface area (Å²) in [5.74, 6) is 2.56. The Morgan fingerprint density at radius 1 is 1.10 bits per heavy atom. The lowest BCUT2D eigenvalue weighted by atomic mass is 9.38. The Hall–Kier alpha value is -0.885. The first-order chi connectivity index (χ1) is 9.78. The normalized spacial score (nSPS) is 26.5. The molecule has 0 N–H and O–H groups in total. The molecule has 3 heteroatoms. The zero-order valence-corrected chi connectivity index (χ0v) is 12.9. The van der Waals surface area contributed by atoms with Crippen LogP contribution in [0.2, 0.25) is 16.7 Å². The lowest BCUT2D eigenvalue weighted by Crippen LogP contribution is -2.36. The third-order valence-electron chi connectivity index (χ3n) is 4.88. The second-order valence-corrected chi connectivity index (χ2v) is 6.56. The van der Waals surface area contributed by atoms with Crippen molar-refractivity contribution in [1.29, 1.82) is 0 Å². The molecular weight excluding hydrogens is 266 g/mol. The fraction of sp³-hybridized carbons (Fsp3) is 0.529. The molecule has 0 amide bonds. The van der Waals surface area contributed by atoms with Gasteiger partial charge in [0.1, 0.15) is 5.76 Å². The summed E-state index contributed by atoms with van der Waals surface area (Å²) in [7, 11) is 0. The Labute approximate surface area is 127 Å². The first-order valence-electron chi connectivity index (χ1n) is 7.87. The van der Waals surface area contributed by atoms with Gasteiger partial charge >= 0.3 is 6.92 Å². The minimum Gasteiger partial charge on any atom is -0.560 e. The van der Waals surface area contributed by atoms with E-state index < -0.39 is 0 Å². The van der Waals surface area contributed by atoms with Gasteiger partial charge in [-0.2, -0.15) is 0 Å². The second kappa shape index (κ2) is 6.26. The molecular formula is C17H22BClO. The Bertz CT molecular complexity index is 460. The van der Waals surface area contributed by atoms with Crippen molar-refractivity contribution >= 4 is 24.3 Å². The van der Waals surface area contributed by atoms with Crippen molar-refractivity contribution in [3.63, 3.8) is 0 Å². The fourth-order valence-corrected chi connectivity index (χ4v) is 4.00. The van der Waals surface area contributed by atoms with Crippen LogP contribution in [0.5, 0.6) is 0 Å². The lowest BCUT2D eigenvalue weighted by molar-refractivity contribution is 0.367. The number of hydrogen-bond donors (Lipinski definition) is 0. The summed E-state index contributed by atoms with van der Waals surface area (Å²) in [6, 6.07) is 7.98. The number of benzene rings is 1. The highest BCUT2D eigenvalue weighted by Crippen LogP contribution is 2.47. The molecule has 0 saturated carbocycles. The van der Waals surface area contributed by atoms with Crippen molar-refractivity contribution in [3.05, 3.63) is 40.9 Å². The maximum absolute atomic E-state index is 6.45. The van der Waals surface area contributed by atoms with E-state index in [9.17, 15) is 0 Å². The molecule has 106 valence electrons. The monoisotopic (exact) mass is 288 g/mol. The van der Waals surface area contributed by atoms with Crippen LogP contribution >= 0.6 is 11.6 Å². The van der Waals surface area contributed by atoms with Crippen LogP contribution in [0.1, 0.15) is 51.0 Å². The van der Waals surface area contributed by atoms with Crippen molar-refractivity contribution in [2.24, 2.45) is 0 Å². The molecule has 0 atom stereocenters. The topological polar surface area (TPSA) is 9.23 Å². The van der Waals surface area contributed by atoms with Gasteiger partial charge in [-0.1, -0.05) is 50.1 Å². The number of fused-ring (bicyclic) bond motifs is 2. The van der Waals surface area contributed by atoms with Crippen LogP contribution in [-0.4, -0.2) is 6.92 Å². The van der Waals surface area contributed by atoms with Gasteiger partial charge in [0.25, 0.3) is 0 Å². The maximum Gasteiger partial charge on any atom is 0.364 e. The molecule has 2 saturated heterocycles. The highest BCUT2D eigenvalue weighted by atomic mass is 35.5. The average Bonchev–Trinajstić information content (AvgIpc) is 2.45. The second-order valence-electron chi connectivity index (χ2n) is 6.12. The highest BCUT2D eigenvalue weighted by Gasteiger charge is 2.42. The Morgan fingerprint density at radius 3 is 2.15 bits per heavy atom. The SMILES string of the molecule is C/C=C(/OB1C2CCCC1CCC2)c1ccc(Cl)cc1. The predicted molar refractivity (Wildman–Crippen MR) is 87.1 cm³/mol. The lowest BCUT2D eigenvalue weighted by Gasteiger charge is -2.39. The molecule has 2 bridgehead atoms. The van der Waals surface area contributed by atoms with Crippen LogP contribution in [0, 0.1) is 0 Å². The summed E-state index contributed by atoms with van der Waals surface area (Å²) in [4.78, 5) is 0. The molecule has 0 aliphatic carbocycles. The molecule has 0 spiro atoms. The largest absolute Gasteiger partial charge is 0.560 e. The molecule has 0 radical (unpaired) electrons. The van der Waals surface area contributed by atoms with Gasteiger partial charge in [0.15, 0.2) is 0 Å². The number of allylic oxidation sites excluding steroid dienone is 1. The summed E-state index contributed by atoms with van der Waals surface area (Å²) >= 11 is 5.97. The zero-order chi connectivity index (χ0) is 13.9. The molecule has 2 fully saturated rings. The fourth-order valence-electron chi connectivity index (χ4n) is 3.87. The van der Waals surface area contributed by atoms with Crippen LogP contribution in [0.15, 0.2) is 30.3 Å². The molecule has 2 aliphatic heterocycles. The first kappa shape index (κ1) is 14.1. The molecule has 0 unspecified atom stereocenters. The van der Waals surface area contributed by atoms with Crippen molar-refractivity contribution in [2.75, 3.05) is 0 Å². The minimum absolute atomic E-state index is 0.430. The van der Waals surface area contributed by atoms with E-state index in [2.05, 4.69) is 25.1 Å².